The minimum absolute atomic E-state index is 0.0426. The van der Waals surface area contributed by atoms with Crippen LogP contribution in [0.25, 0.3) is 0 Å². The van der Waals surface area contributed by atoms with Crippen molar-refractivity contribution in [3.63, 3.8) is 0 Å². The van der Waals surface area contributed by atoms with E-state index in [1.165, 1.54) is 17.0 Å². The number of benzene rings is 1. The Bertz CT molecular complexity index is 944. The van der Waals surface area contributed by atoms with E-state index in [0.717, 1.165) is 32.1 Å². The van der Waals surface area contributed by atoms with Crippen molar-refractivity contribution in [2.24, 2.45) is 5.73 Å². The highest BCUT2D eigenvalue weighted by Gasteiger charge is 2.36. The van der Waals surface area contributed by atoms with Crippen molar-refractivity contribution >= 4 is 23.8 Å². The molecule has 1 rings (SSSR count). The number of ether oxygens (including phenoxy) is 1. The lowest BCUT2D eigenvalue weighted by Gasteiger charge is -2.35. The Labute approximate surface area is 233 Å². The number of alkyl carbamates (subject to hydrolysis) is 1. The lowest BCUT2D eigenvalue weighted by molar-refractivity contribution is -0.143. The highest BCUT2D eigenvalue weighted by molar-refractivity contribution is 5.92. The van der Waals surface area contributed by atoms with Gasteiger partial charge in [0.1, 0.15) is 23.4 Å². The van der Waals surface area contributed by atoms with Gasteiger partial charge in [-0.15, -0.1) is 0 Å². The Kier molecular flexibility index (Phi) is 14.4. The number of hydrogen-bond donors (Lipinski definition) is 4. The summed E-state index contributed by atoms with van der Waals surface area (Å²) < 4.78 is 5.35. The summed E-state index contributed by atoms with van der Waals surface area (Å²) in [5.41, 5.74) is 4.98. The van der Waals surface area contributed by atoms with E-state index in [1.54, 1.807) is 32.9 Å². The normalized spacial score (nSPS) is 12.9. The summed E-state index contributed by atoms with van der Waals surface area (Å²) in [5, 5.41) is 15.6. The molecular formula is C29H48N4O6. The molecule has 0 bridgehead atoms. The number of unbranched alkanes of at least 4 members (excludes halogenated alkanes) is 5. The molecule has 5 N–H and O–H groups in total. The van der Waals surface area contributed by atoms with E-state index >= 15 is 0 Å². The predicted molar refractivity (Wildman–Crippen MR) is 151 cm³/mol. The van der Waals surface area contributed by atoms with E-state index in [4.69, 9.17) is 10.5 Å². The van der Waals surface area contributed by atoms with Gasteiger partial charge in [0, 0.05) is 19.0 Å². The molecular weight excluding hydrogens is 500 g/mol. The Morgan fingerprint density at radius 1 is 1.03 bits per heavy atom. The van der Waals surface area contributed by atoms with Crippen LogP contribution < -0.4 is 16.4 Å². The number of hydrogen-bond acceptors (Lipinski definition) is 6. The van der Waals surface area contributed by atoms with Crippen molar-refractivity contribution in [1.29, 1.82) is 0 Å². The molecule has 0 fully saturated rings. The van der Waals surface area contributed by atoms with Crippen LogP contribution in [-0.4, -0.2) is 58.1 Å². The van der Waals surface area contributed by atoms with Gasteiger partial charge in [0.15, 0.2) is 0 Å². The van der Waals surface area contributed by atoms with Crippen molar-refractivity contribution in [1.82, 2.24) is 15.5 Å². The van der Waals surface area contributed by atoms with Gasteiger partial charge in [-0.1, -0.05) is 51.2 Å². The first kappa shape index (κ1) is 33.7. The molecule has 0 heterocycles. The van der Waals surface area contributed by atoms with E-state index in [1.807, 2.05) is 13.8 Å². The molecule has 2 unspecified atom stereocenters. The molecule has 2 atom stereocenters. The number of primary amides is 1. The molecule has 0 spiro atoms. The van der Waals surface area contributed by atoms with Crippen molar-refractivity contribution in [3.8, 4) is 5.75 Å². The van der Waals surface area contributed by atoms with Gasteiger partial charge in [-0.2, -0.15) is 0 Å². The van der Waals surface area contributed by atoms with Gasteiger partial charge in [-0.3, -0.25) is 14.4 Å². The van der Waals surface area contributed by atoms with Gasteiger partial charge in [0.25, 0.3) is 0 Å². The third-order valence-corrected chi connectivity index (χ3v) is 5.88. The lowest BCUT2D eigenvalue weighted by Crippen LogP contribution is -2.54. The Balaban J connectivity index is 3.44. The first-order chi connectivity index (χ1) is 18.2. The zero-order valence-electron chi connectivity index (χ0n) is 24.4. The number of carbonyl (C=O) groups is 4. The summed E-state index contributed by atoms with van der Waals surface area (Å²) in [5.74, 6) is -1.62. The third kappa shape index (κ3) is 13.4. The summed E-state index contributed by atoms with van der Waals surface area (Å²) in [6.45, 7) is 11.1. The molecule has 1 aromatic rings. The first-order valence-electron chi connectivity index (χ1n) is 13.9. The van der Waals surface area contributed by atoms with Crippen LogP contribution in [0.15, 0.2) is 24.3 Å². The summed E-state index contributed by atoms with van der Waals surface area (Å²) in [6, 6.07) is 3.79. The number of aromatic hydroxyl groups is 1. The summed E-state index contributed by atoms with van der Waals surface area (Å²) in [6.07, 6.45) is 4.78. The molecule has 39 heavy (non-hydrogen) atoms. The van der Waals surface area contributed by atoms with E-state index < -0.39 is 41.5 Å². The zero-order valence-corrected chi connectivity index (χ0v) is 24.4. The molecule has 4 amide bonds. The molecule has 10 heteroatoms. The average molecular weight is 549 g/mol. The number of nitrogens with two attached hydrogens (primary N) is 1. The highest BCUT2D eigenvalue weighted by Crippen LogP contribution is 2.27. The first-order valence-corrected chi connectivity index (χ1v) is 13.9. The van der Waals surface area contributed by atoms with Crippen LogP contribution in [0.3, 0.4) is 0 Å². The second-order valence-corrected chi connectivity index (χ2v) is 11.2. The quantitative estimate of drug-likeness (QED) is 0.226. The minimum Gasteiger partial charge on any atom is -0.508 e. The topological polar surface area (TPSA) is 151 Å². The van der Waals surface area contributed by atoms with Crippen LogP contribution in [0.5, 0.6) is 5.75 Å². The molecule has 0 aliphatic heterocycles. The molecule has 1 aromatic carbocycles. The molecule has 0 saturated heterocycles. The zero-order chi connectivity index (χ0) is 29.6. The average Bonchev–Trinajstić information content (AvgIpc) is 2.81. The van der Waals surface area contributed by atoms with Gasteiger partial charge in [0.2, 0.25) is 17.7 Å². The largest absolute Gasteiger partial charge is 0.508 e. The maximum atomic E-state index is 14.1. The molecule has 220 valence electrons. The van der Waals surface area contributed by atoms with Crippen LogP contribution in [-0.2, 0) is 19.1 Å². The fraction of sp³-hybridized carbons (Fsp3) is 0.655. The molecule has 0 aromatic heterocycles. The van der Waals surface area contributed by atoms with Gasteiger partial charge in [-0.05, 0) is 65.2 Å². The van der Waals surface area contributed by atoms with Crippen molar-refractivity contribution in [2.75, 3.05) is 6.54 Å². The highest BCUT2D eigenvalue weighted by atomic mass is 16.6. The standard InChI is InChI=1S/C29H48N4O6/c1-7-8-9-10-11-12-18-33(25(26(36)31-20(2)3)21-14-13-15-22(34)19-21)27(37)23(16-17-24(30)35)32-28(38)39-29(4,5)6/h13-15,19-20,23,25,34H,7-12,16-18H2,1-6H3,(H2,30,35)(H,31,36)(H,32,38). The number of rotatable bonds is 16. The lowest BCUT2D eigenvalue weighted by atomic mass is 10.00. The predicted octanol–water partition coefficient (Wildman–Crippen LogP) is 4.31. The number of carbonyl (C=O) groups excluding carboxylic acids is 4. The monoisotopic (exact) mass is 548 g/mol. The maximum Gasteiger partial charge on any atom is 0.408 e. The van der Waals surface area contributed by atoms with E-state index in [-0.39, 0.29) is 31.2 Å². The second kappa shape index (κ2) is 16.6. The number of amides is 4. The van der Waals surface area contributed by atoms with Crippen molar-refractivity contribution < 1.29 is 29.0 Å². The van der Waals surface area contributed by atoms with Gasteiger partial charge in [0.05, 0.1) is 0 Å². The van der Waals surface area contributed by atoms with Gasteiger partial charge in [-0.25, -0.2) is 4.79 Å². The van der Waals surface area contributed by atoms with E-state index in [9.17, 15) is 24.3 Å². The summed E-state index contributed by atoms with van der Waals surface area (Å²) >= 11 is 0. The van der Waals surface area contributed by atoms with Crippen LogP contribution >= 0.6 is 0 Å². The van der Waals surface area contributed by atoms with Gasteiger partial charge >= 0.3 is 6.09 Å². The number of nitrogens with one attached hydrogen (secondary N) is 2. The Morgan fingerprint density at radius 2 is 1.67 bits per heavy atom. The number of phenolic OH excluding ortho intramolecular Hbond substituents is 1. The maximum absolute atomic E-state index is 14.1. The SMILES string of the molecule is CCCCCCCCN(C(=O)C(CCC(N)=O)NC(=O)OC(C)(C)C)C(C(=O)NC(C)C)c1cccc(O)c1. The summed E-state index contributed by atoms with van der Waals surface area (Å²) in [7, 11) is 0. The fourth-order valence-corrected chi connectivity index (χ4v) is 4.15. The Morgan fingerprint density at radius 3 is 2.23 bits per heavy atom. The molecule has 0 aliphatic rings. The van der Waals surface area contributed by atoms with Crippen molar-refractivity contribution in [2.45, 2.75) is 117 Å². The molecule has 0 saturated carbocycles. The molecule has 0 radical (unpaired) electrons. The number of nitrogens with zero attached hydrogens (tertiary/aromatic N) is 1. The minimum atomic E-state index is -1.15. The van der Waals surface area contributed by atoms with E-state index in [0.29, 0.717) is 12.0 Å². The third-order valence-electron chi connectivity index (χ3n) is 5.88. The second-order valence-electron chi connectivity index (χ2n) is 11.2. The molecule has 10 nitrogen and oxygen atoms in total. The Hall–Kier alpha value is -3.30. The smallest absolute Gasteiger partial charge is 0.408 e. The van der Waals surface area contributed by atoms with Gasteiger partial charge < -0.3 is 31.1 Å². The van der Waals surface area contributed by atoms with Crippen LogP contribution in [0, 0.1) is 0 Å². The van der Waals surface area contributed by atoms with Crippen LogP contribution in [0.1, 0.15) is 105 Å². The summed E-state index contributed by atoms with van der Waals surface area (Å²) in [4.78, 5) is 53.2. The van der Waals surface area contributed by atoms with Crippen LogP contribution in [0.2, 0.25) is 0 Å². The number of phenols is 1. The van der Waals surface area contributed by atoms with E-state index in [2.05, 4.69) is 17.6 Å². The van der Waals surface area contributed by atoms with Crippen molar-refractivity contribution in [3.05, 3.63) is 29.8 Å². The van der Waals surface area contributed by atoms with Crippen LogP contribution in [0.4, 0.5) is 4.79 Å². The fourth-order valence-electron chi connectivity index (χ4n) is 4.15. The molecule has 0 aliphatic carbocycles.